The van der Waals surface area contributed by atoms with Crippen molar-refractivity contribution in [2.24, 2.45) is 0 Å². The van der Waals surface area contributed by atoms with E-state index >= 15 is 0 Å². The maximum Gasteiger partial charge on any atom is 0.128 e. The Kier molecular flexibility index (Phi) is 3.69. The molecule has 0 radical (unpaired) electrons. The molecular formula is C10H8ClFO. The summed E-state index contributed by atoms with van der Waals surface area (Å²) in [6.07, 6.45) is 0.455. The largest absolute Gasteiger partial charge is 0.233 e. The predicted molar refractivity (Wildman–Crippen MR) is 50.8 cm³/mol. The molecule has 68 valence electrons. The summed E-state index contributed by atoms with van der Waals surface area (Å²) in [4.78, 5) is 10.5. The van der Waals surface area contributed by atoms with Crippen LogP contribution in [0.2, 0.25) is 0 Å². The van der Waals surface area contributed by atoms with Crippen LogP contribution in [0.4, 0.5) is 4.39 Å². The molecular weight excluding hydrogens is 191 g/mol. The number of benzene rings is 1. The Bertz CT molecular complexity index is 325. The maximum atomic E-state index is 12.5. The average molecular weight is 199 g/mol. The highest BCUT2D eigenvalue weighted by Crippen LogP contribution is 2.15. The number of carbonyl (C=O) groups excluding carboxylic acids is 1. The van der Waals surface area contributed by atoms with Crippen molar-refractivity contribution in [3.05, 3.63) is 35.6 Å². The van der Waals surface area contributed by atoms with Gasteiger partial charge in [0.15, 0.2) is 0 Å². The lowest BCUT2D eigenvalue weighted by atomic mass is 10.1. The van der Waals surface area contributed by atoms with Crippen molar-refractivity contribution in [3.8, 4) is 0 Å². The van der Waals surface area contributed by atoms with Gasteiger partial charge in [0.05, 0.1) is 0 Å². The minimum absolute atomic E-state index is 0.320. The maximum absolute atomic E-state index is 12.5. The van der Waals surface area contributed by atoms with Crippen LogP contribution in [0.1, 0.15) is 12.0 Å². The Balaban J connectivity index is 2.93. The lowest BCUT2D eigenvalue weighted by molar-refractivity contribution is 0.569. The van der Waals surface area contributed by atoms with Gasteiger partial charge in [-0.05, 0) is 24.1 Å². The number of halogens is 2. The van der Waals surface area contributed by atoms with E-state index in [4.69, 9.17) is 11.6 Å². The fourth-order valence-electron chi connectivity index (χ4n) is 1.000. The zero-order valence-electron chi connectivity index (χ0n) is 6.89. The number of rotatable bonds is 3. The molecule has 0 spiro atoms. The Morgan fingerprint density at radius 1 is 1.38 bits per heavy atom. The monoisotopic (exact) mass is 198 g/mol. The van der Waals surface area contributed by atoms with Gasteiger partial charge in [-0.1, -0.05) is 12.1 Å². The van der Waals surface area contributed by atoms with Crippen LogP contribution < -0.4 is 0 Å². The molecule has 0 fully saturated rings. The first-order chi connectivity index (χ1) is 6.27. The summed E-state index contributed by atoms with van der Waals surface area (Å²) in [7, 11) is 0. The molecule has 0 atom stereocenters. The topological polar surface area (TPSA) is 17.1 Å². The van der Waals surface area contributed by atoms with E-state index in [9.17, 15) is 9.18 Å². The molecule has 0 heterocycles. The van der Waals surface area contributed by atoms with Gasteiger partial charge >= 0.3 is 0 Å². The fourth-order valence-corrected chi connectivity index (χ4v) is 1.19. The first kappa shape index (κ1) is 9.97. The van der Waals surface area contributed by atoms with E-state index in [0.29, 0.717) is 23.4 Å². The molecule has 0 amide bonds. The van der Waals surface area contributed by atoms with E-state index < -0.39 is 0 Å². The molecule has 1 aromatic rings. The van der Waals surface area contributed by atoms with Crippen LogP contribution in [-0.4, -0.2) is 11.8 Å². The van der Waals surface area contributed by atoms with Crippen LogP contribution in [0, 0.1) is 5.82 Å². The molecule has 3 heteroatoms. The Hall–Kier alpha value is -1.11. The summed E-state index contributed by atoms with van der Waals surface area (Å²) >= 11 is 5.48. The summed E-state index contributed by atoms with van der Waals surface area (Å²) in [5, 5.41) is 0. The minimum Gasteiger partial charge on any atom is -0.233 e. The number of alkyl halides is 1. The van der Waals surface area contributed by atoms with Crippen molar-refractivity contribution < 1.29 is 9.18 Å². The molecule has 0 bridgehead atoms. The van der Waals surface area contributed by atoms with Gasteiger partial charge in [0.2, 0.25) is 0 Å². The standard InChI is InChI=1S/C10H8ClFO/c11-6-5-9(7-13)8-1-3-10(12)4-2-8/h1-4H,5-6H2. The lowest BCUT2D eigenvalue weighted by Crippen LogP contribution is -1.87. The predicted octanol–water partition coefficient (Wildman–Crippen LogP) is 2.67. The molecule has 0 saturated heterocycles. The molecule has 0 aromatic heterocycles. The van der Waals surface area contributed by atoms with E-state index in [-0.39, 0.29) is 5.82 Å². The van der Waals surface area contributed by atoms with Crippen LogP contribution in [-0.2, 0) is 4.79 Å². The van der Waals surface area contributed by atoms with Gasteiger partial charge < -0.3 is 0 Å². The highest BCUT2D eigenvalue weighted by molar-refractivity contribution is 6.18. The van der Waals surface area contributed by atoms with Crippen molar-refractivity contribution >= 4 is 23.1 Å². The van der Waals surface area contributed by atoms with Crippen LogP contribution in [0.15, 0.2) is 24.3 Å². The lowest BCUT2D eigenvalue weighted by Gasteiger charge is -1.99. The normalized spacial score (nSPS) is 9.38. The summed E-state index contributed by atoms with van der Waals surface area (Å²) in [6.45, 7) is 0. The second-order valence-corrected chi connectivity index (χ2v) is 2.90. The van der Waals surface area contributed by atoms with Gasteiger partial charge in [-0.3, -0.25) is 0 Å². The van der Waals surface area contributed by atoms with Gasteiger partial charge in [0.25, 0.3) is 0 Å². The molecule has 0 aliphatic rings. The summed E-state index contributed by atoms with van der Waals surface area (Å²) in [6, 6.07) is 5.70. The smallest absolute Gasteiger partial charge is 0.128 e. The van der Waals surface area contributed by atoms with E-state index in [0.717, 1.165) is 0 Å². The molecule has 0 unspecified atom stereocenters. The second-order valence-electron chi connectivity index (χ2n) is 2.53. The third-order valence-corrected chi connectivity index (χ3v) is 1.85. The van der Waals surface area contributed by atoms with Crippen molar-refractivity contribution in [1.82, 2.24) is 0 Å². The molecule has 1 rings (SSSR count). The second kappa shape index (κ2) is 4.80. The number of allylic oxidation sites excluding steroid dienone is 1. The van der Waals surface area contributed by atoms with Crippen LogP contribution in [0.5, 0.6) is 0 Å². The summed E-state index contributed by atoms with van der Waals surface area (Å²) < 4.78 is 12.5. The first-order valence-electron chi connectivity index (χ1n) is 3.84. The average Bonchev–Trinajstić information content (AvgIpc) is 2.16. The zero-order chi connectivity index (χ0) is 9.68. The van der Waals surface area contributed by atoms with Gasteiger partial charge in [0, 0.05) is 11.5 Å². The molecule has 0 saturated carbocycles. The van der Waals surface area contributed by atoms with E-state index in [1.54, 1.807) is 18.1 Å². The highest BCUT2D eigenvalue weighted by atomic mass is 35.5. The van der Waals surface area contributed by atoms with Crippen molar-refractivity contribution in [1.29, 1.82) is 0 Å². The van der Waals surface area contributed by atoms with Crippen LogP contribution in [0.3, 0.4) is 0 Å². The van der Waals surface area contributed by atoms with Crippen molar-refractivity contribution in [2.75, 3.05) is 5.88 Å². The summed E-state index contributed by atoms with van der Waals surface area (Å²) in [5.41, 5.74) is 1.16. The molecule has 1 aromatic carbocycles. The van der Waals surface area contributed by atoms with Gasteiger partial charge in [-0.2, -0.15) is 0 Å². The Morgan fingerprint density at radius 2 is 2.00 bits per heavy atom. The van der Waals surface area contributed by atoms with Gasteiger partial charge in [-0.25, -0.2) is 9.18 Å². The first-order valence-corrected chi connectivity index (χ1v) is 4.37. The molecule has 1 nitrogen and oxygen atoms in total. The fraction of sp³-hybridized carbons (Fsp3) is 0.200. The third kappa shape index (κ3) is 2.69. The molecule has 0 aliphatic heterocycles. The van der Waals surface area contributed by atoms with E-state index in [1.807, 2.05) is 0 Å². The molecule has 13 heavy (non-hydrogen) atoms. The zero-order valence-corrected chi connectivity index (χ0v) is 7.64. The van der Waals surface area contributed by atoms with Crippen LogP contribution in [0.25, 0.3) is 5.57 Å². The third-order valence-electron chi connectivity index (χ3n) is 1.66. The molecule has 0 aliphatic carbocycles. The van der Waals surface area contributed by atoms with Crippen molar-refractivity contribution in [3.63, 3.8) is 0 Å². The quantitative estimate of drug-likeness (QED) is 0.539. The Morgan fingerprint density at radius 3 is 2.46 bits per heavy atom. The molecule has 0 N–H and O–H groups in total. The SMILES string of the molecule is O=C=C(CCCl)c1ccc(F)cc1. The van der Waals surface area contributed by atoms with Crippen LogP contribution >= 0.6 is 11.6 Å². The minimum atomic E-state index is -0.320. The van der Waals surface area contributed by atoms with Gasteiger partial charge in [0.1, 0.15) is 11.8 Å². The van der Waals surface area contributed by atoms with E-state index in [1.165, 1.54) is 12.1 Å². The van der Waals surface area contributed by atoms with Gasteiger partial charge in [-0.15, -0.1) is 11.6 Å². The number of hydrogen-bond acceptors (Lipinski definition) is 1. The van der Waals surface area contributed by atoms with E-state index in [2.05, 4.69) is 0 Å². The van der Waals surface area contributed by atoms with Crippen molar-refractivity contribution in [2.45, 2.75) is 6.42 Å². The highest BCUT2D eigenvalue weighted by Gasteiger charge is 2.01. The number of hydrogen-bond donors (Lipinski definition) is 0. The summed E-state index contributed by atoms with van der Waals surface area (Å²) in [5.74, 6) is 1.84. The Labute approximate surface area is 80.8 Å².